The summed E-state index contributed by atoms with van der Waals surface area (Å²) in [7, 11) is 0. The van der Waals surface area contributed by atoms with Gasteiger partial charge in [0.05, 0.1) is 12.7 Å². The van der Waals surface area contributed by atoms with E-state index in [0.717, 1.165) is 0 Å². The van der Waals surface area contributed by atoms with E-state index in [-0.39, 0.29) is 37.7 Å². The van der Waals surface area contributed by atoms with Gasteiger partial charge in [-0.25, -0.2) is 0 Å². The first kappa shape index (κ1) is 17.0. The summed E-state index contributed by atoms with van der Waals surface area (Å²) < 4.78 is 0. The van der Waals surface area contributed by atoms with Gasteiger partial charge < -0.3 is 35.4 Å². The molecule has 0 saturated heterocycles. The van der Waals surface area contributed by atoms with Crippen LogP contribution >= 0.6 is 0 Å². The molecule has 3 atom stereocenters. The third-order valence-electron chi connectivity index (χ3n) is 1.47. The van der Waals surface area contributed by atoms with Crippen molar-refractivity contribution in [2.75, 3.05) is 6.61 Å². The summed E-state index contributed by atoms with van der Waals surface area (Å²) in [6, 6.07) is -2.22. The van der Waals surface area contributed by atoms with Crippen LogP contribution in [0.5, 0.6) is 0 Å². The van der Waals surface area contributed by atoms with E-state index >= 15 is 0 Å². The van der Waals surface area contributed by atoms with Crippen LogP contribution in [0, 0.1) is 0 Å². The molecule has 0 aliphatic heterocycles. The molecule has 3 unspecified atom stereocenters. The molecule has 0 aliphatic rings. The Morgan fingerprint density at radius 1 is 1.36 bits per heavy atom. The molecule has 7 nitrogen and oxygen atoms in total. The minimum atomic E-state index is -2.56. The van der Waals surface area contributed by atoms with Crippen molar-refractivity contribution in [3.05, 3.63) is 0 Å². The standard InChI is InChI=1S/C5H10BO7.Ca/c7-1-2(8)3(9)4(10)6(13)5(11)12;/h2-4,7-10H,1H2,(H,11,12);/q-1;+2/p-1. The molecule has 76 valence electrons. The molecule has 0 aromatic rings. The molecule has 0 saturated carbocycles. The maximum absolute atomic E-state index is 10.5. The van der Waals surface area contributed by atoms with Gasteiger partial charge in [-0.15, -0.1) is 0 Å². The zero-order valence-electron chi connectivity index (χ0n) is 7.24. The van der Waals surface area contributed by atoms with Gasteiger partial charge in [-0.3, -0.25) is 0 Å². The summed E-state index contributed by atoms with van der Waals surface area (Å²) in [6.45, 7) is -3.45. The van der Waals surface area contributed by atoms with E-state index in [4.69, 9.17) is 20.4 Å². The number of aliphatic hydroxyl groups excluding tert-OH is 4. The molecular formula is C5H9BCaO7. The molecule has 0 rings (SSSR count). The summed E-state index contributed by atoms with van der Waals surface area (Å²) >= 11 is 0. The molecule has 0 aromatic heterocycles. The van der Waals surface area contributed by atoms with Gasteiger partial charge in [0.25, 0.3) is 0 Å². The average Bonchev–Trinajstić information content (AvgIpc) is 2.12. The number of carbonyl (C=O) groups is 1. The second-order valence-electron chi connectivity index (χ2n) is 2.47. The average molecular weight is 232 g/mol. The van der Waals surface area contributed by atoms with Crippen molar-refractivity contribution in [3.63, 3.8) is 0 Å². The number of rotatable bonds is 5. The SMILES string of the molecule is O=C([O-])B([O-])C(O)C(O)C(O)CO.[Ca+2]. The van der Waals surface area contributed by atoms with Crippen molar-refractivity contribution in [2.24, 2.45) is 0 Å². The van der Waals surface area contributed by atoms with Gasteiger partial charge in [-0.1, -0.05) is 0 Å². The molecule has 0 aromatic carbocycles. The first-order valence-corrected chi connectivity index (χ1v) is 3.43. The van der Waals surface area contributed by atoms with E-state index in [2.05, 4.69) is 0 Å². The Hall–Kier alpha value is 0.595. The van der Waals surface area contributed by atoms with Crippen LogP contribution in [0.4, 0.5) is 4.79 Å². The van der Waals surface area contributed by atoms with Crippen LogP contribution in [0.15, 0.2) is 0 Å². The van der Waals surface area contributed by atoms with Crippen molar-refractivity contribution in [1.29, 1.82) is 0 Å². The van der Waals surface area contributed by atoms with Crippen LogP contribution in [0.25, 0.3) is 0 Å². The molecule has 4 N–H and O–H groups in total. The van der Waals surface area contributed by atoms with Crippen LogP contribution < -0.4 is 10.1 Å². The van der Waals surface area contributed by atoms with Crippen LogP contribution in [0.2, 0.25) is 0 Å². The van der Waals surface area contributed by atoms with E-state index in [1.54, 1.807) is 0 Å². The van der Waals surface area contributed by atoms with E-state index in [9.17, 15) is 14.9 Å². The second-order valence-corrected chi connectivity index (χ2v) is 2.47. The summed E-state index contributed by atoms with van der Waals surface area (Å²) in [4.78, 5) is 9.92. The third-order valence-corrected chi connectivity index (χ3v) is 1.47. The normalized spacial score (nSPS) is 16.4. The van der Waals surface area contributed by atoms with Crippen LogP contribution in [0.1, 0.15) is 0 Å². The summed E-state index contributed by atoms with van der Waals surface area (Å²) in [5.74, 6) is -2.09. The Bertz CT molecular complexity index is 179. The van der Waals surface area contributed by atoms with Gasteiger partial charge in [0.1, 0.15) is 13.0 Å². The largest absolute Gasteiger partial charge is 2.00 e. The minimum Gasteiger partial charge on any atom is -0.873 e. The minimum absolute atomic E-state index is 0. The Kier molecular flexibility index (Phi) is 9.51. The van der Waals surface area contributed by atoms with Crippen LogP contribution in [0.3, 0.4) is 0 Å². The summed E-state index contributed by atoms with van der Waals surface area (Å²) in [5.41, 5.74) is 0. The maximum atomic E-state index is 10.5. The Balaban J connectivity index is 0. The van der Waals surface area contributed by atoms with E-state index in [1.165, 1.54) is 0 Å². The number of carboxylic acid groups (broad SMARTS) is 1. The number of carbonyl (C=O) groups excluding carboxylic acids is 1. The van der Waals surface area contributed by atoms with Gasteiger partial charge in [-0.05, 0) is 5.87 Å². The van der Waals surface area contributed by atoms with E-state index in [0.29, 0.717) is 0 Å². The molecule has 0 amide bonds. The molecule has 0 bridgehead atoms. The van der Waals surface area contributed by atoms with Gasteiger partial charge in [0.15, 0.2) is 0 Å². The molecule has 0 aliphatic carbocycles. The van der Waals surface area contributed by atoms with Crippen molar-refractivity contribution < 1.29 is 35.4 Å². The number of hydrogen-bond acceptors (Lipinski definition) is 7. The summed E-state index contributed by atoms with van der Waals surface area (Å²) in [6.07, 6.45) is -3.77. The molecule has 9 heteroatoms. The molecule has 0 radical (unpaired) electrons. The van der Waals surface area contributed by atoms with Crippen molar-refractivity contribution in [3.8, 4) is 0 Å². The predicted molar refractivity (Wildman–Crippen MR) is 42.0 cm³/mol. The molecule has 0 fully saturated rings. The van der Waals surface area contributed by atoms with Crippen LogP contribution in [-0.2, 0) is 0 Å². The predicted octanol–water partition coefficient (Wildman–Crippen LogP) is -5.50. The number of aliphatic hydroxyl groups is 4. The first-order chi connectivity index (χ1) is 5.91. The fourth-order valence-corrected chi connectivity index (χ4v) is 0.654. The van der Waals surface area contributed by atoms with Crippen molar-refractivity contribution in [1.82, 2.24) is 0 Å². The maximum Gasteiger partial charge on any atom is 2.00 e. The molecule has 0 spiro atoms. The molecule has 0 heterocycles. The Morgan fingerprint density at radius 2 is 1.79 bits per heavy atom. The van der Waals surface area contributed by atoms with E-state index < -0.39 is 37.6 Å². The zero-order valence-corrected chi connectivity index (χ0v) is 9.45. The first-order valence-electron chi connectivity index (χ1n) is 3.43. The van der Waals surface area contributed by atoms with Gasteiger partial charge in [0, 0.05) is 6.00 Å². The Labute approximate surface area is 110 Å². The Morgan fingerprint density at radius 3 is 2.07 bits per heavy atom. The van der Waals surface area contributed by atoms with Crippen molar-refractivity contribution in [2.45, 2.75) is 18.2 Å². The molecule has 14 heavy (non-hydrogen) atoms. The van der Waals surface area contributed by atoms with Crippen LogP contribution in [-0.4, -0.2) is 95.8 Å². The monoisotopic (exact) mass is 232 g/mol. The van der Waals surface area contributed by atoms with Gasteiger partial charge >= 0.3 is 37.7 Å². The number of hydrogen-bond donors (Lipinski definition) is 4. The second kappa shape index (κ2) is 7.83. The van der Waals surface area contributed by atoms with Gasteiger partial charge in [-0.2, -0.15) is 0 Å². The zero-order chi connectivity index (χ0) is 10.6. The topological polar surface area (TPSA) is 144 Å². The fourth-order valence-electron chi connectivity index (χ4n) is 0.654. The quantitative estimate of drug-likeness (QED) is 0.346. The van der Waals surface area contributed by atoms with Crippen molar-refractivity contribution >= 4 is 50.5 Å². The van der Waals surface area contributed by atoms with E-state index in [1.807, 2.05) is 0 Å². The smallest absolute Gasteiger partial charge is 0.873 e. The molecular weight excluding hydrogens is 223 g/mol. The summed E-state index contributed by atoms with van der Waals surface area (Å²) in [5, 5.41) is 55.1. The third kappa shape index (κ3) is 4.90. The van der Waals surface area contributed by atoms with Gasteiger partial charge in [0.2, 0.25) is 0 Å². The fraction of sp³-hybridized carbons (Fsp3) is 0.800.